The van der Waals surface area contributed by atoms with Crippen molar-refractivity contribution in [2.75, 3.05) is 17.2 Å². The summed E-state index contributed by atoms with van der Waals surface area (Å²) in [6, 6.07) is 4.61. The van der Waals surface area contributed by atoms with Gasteiger partial charge < -0.3 is 15.7 Å². The summed E-state index contributed by atoms with van der Waals surface area (Å²) in [5.41, 5.74) is 7.21. The van der Waals surface area contributed by atoms with E-state index < -0.39 is 6.10 Å². The quantitative estimate of drug-likeness (QED) is 0.888. The second kappa shape index (κ2) is 6.60. The van der Waals surface area contributed by atoms with Crippen LogP contribution < -0.4 is 10.6 Å². The van der Waals surface area contributed by atoms with E-state index in [0.29, 0.717) is 23.7 Å². The van der Waals surface area contributed by atoms with Gasteiger partial charge in [-0.05, 0) is 31.0 Å². The van der Waals surface area contributed by atoms with Crippen molar-refractivity contribution in [2.24, 2.45) is 0 Å². The Balaban J connectivity index is 0.00000161. The average Bonchev–Trinajstić information content (AvgIpc) is 2.76. The summed E-state index contributed by atoms with van der Waals surface area (Å²) >= 11 is 1.46. The number of fused-ring (bicyclic) bond motifs is 1. The van der Waals surface area contributed by atoms with Crippen LogP contribution in [0.15, 0.2) is 24.4 Å². The topological polar surface area (TPSA) is 62.4 Å². The molecule has 114 valence electrons. The molecule has 2 heterocycles. The lowest BCUT2D eigenvalue weighted by Gasteiger charge is -2.24. The van der Waals surface area contributed by atoms with Crippen LogP contribution in [-0.4, -0.2) is 16.6 Å². The number of anilines is 2. The maximum Gasteiger partial charge on any atom is 0.180 e. The van der Waals surface area contributed by atoms with Crippen LogP contribution in [0.3, 0.4) is 0 Å². The molecule has 4 nitrogen and oxygen atoms in total. The predicted octanol–water partition coefficient (Wildman–Crippen LogP) is 3.12. The predicted molar refractivity (Wildman–Crippen MR) is 85.4 cm³/mol. The first-order valence-corrected chi connectivity index (χ1v) is 7.38. The van der Waals surface area contributed by atoms with Gasteiger partial charge in [0.2, 0.25) is 0 Å². The summed E-state index contributed by atoms with van der Waals surface area (Å²) in [4.78, 5) is 7.27. The van der Waals surface area contributed by atoms with Gasteiger partial charge >= 0.3 is 0 Å². The van der Waals surface area contributed by atoms with Gasteiger partial charge in [-0.25, -0.2) is 9.37 Å². The number of rotatable bonds is 2. The molecule has 1 aliphatic rings. The largest absolute Gasteiger partial charge is 0.388 e. The molecule has 7 heteroatoms. The smallest absolute Gasteiger partial charge is 0.180 e. The van der Waals surface area contributed by atoms with Crippen LogP contribution in [0.1, 0.15) is 29.4 Å². The van der Waals surface area contributed by atoms with Gasteiger partial charge in [-0.2, -0.15) is 0 Å². The fourth-order valence-corrected chi connectivity index (χ4v) is 3.28. The second-order valence-corrected chi connectivity index (χ2v) is 6.09. The highest BCUT2D eigenvalue weighted by Crippen LogP contribution is 2.34. The van der Waals surface area contributed by atoms with Crippen LogP contribution in [-0.2, 0) is 6.54 Å². The van der Waals surface area contributed by atoms with E-state index in [9.17, 15) is 9.50 Å². The minimum atomic E-state index is -0.600. The molecule has 1 aromatic carbocycles. The lowest BCUT2D eigenvalue weighted by Crippen LogP contribution is -2.23. The van der Waals surface area contributed by atoms with Crippen LogP contribution in [0.2, 0.25) is 0 Å². The van der Waals surface area contributed by atoms with E-state index in [0.717, 1.165) is 23.5 Å². The normalized spacial score (nSPS) is 17.8. The zero-order valence-corrected chi connectivity index (χ0v) is 13.0. The maximum absolute atomic E-state index is 13.4. The number of thiazole rings is 1. The van der Waals surface area contributed by atoms with Gasteiger partial charge in [0.25, 0.3) is 0 Å². The highest BCUT2D eigenvalue weighted by atomic mass is 35.5. The Hall–Kier alpha value is -1.37. The molecule has 1 unspecified atom stereocenters. The third-order valence-corrected chi connectivity index (χ3v) is 4.32. The van der Waals surface area contributed by atoms with Crippen molar-refractivity contribution >= 4 is 34.6 Å². The van der Waals surface area contributed by atoms with Crippen molar-refractivity contribution in [3.8, 4) is 0 Å². The van der Waals surface area contributed by atoms with Crippen molar-refractivity contribution in [3.63, 3.8) is 0 Å². The fraction of sp³-hybridized carbons (Fsp3) is 0.357. The Kier molecular flexibility index (Phi) is 5.03. The van der Waals surface area contributed by atoms with Crippen molar-refractivity contribution < 1.29 is 9.50 Å². The van der Waals surface area contributed by atoms with Gasteiger partial charge in [0, 0.05) is 28.9 Å². The summed E-state index contributed by atoms with van der Waals surface area (Å²) in [5, 5.41) is 10.7. The molecule has 1 aliphatic heterocycles. The van der Waals surface area contributed by atoms with Crippen molar-refractivity contribution in [1.29, 1.82) is 0 Å². The molecule has 0 aliphatic carbocycles. The van der Waals surface area contributed by atoms with E-state index in [2.05, 4.69) is 9.88 Å². The number of nitrogens with two attached hydrogens (primary N) is 1. The Morgan fingerprint density at radius 2 is 2.29 bits per heavy atom. The lowest BCUT2D eigenvalue weighted by atomic mass is 10.0. The number of hydrogen-bond donors (Lipinski definition) is 2. The molecule has 0 amide bonds. The van der Waals surface area contributed by atoms with Gasteiger partial charge in [-0.1, -0.05) is 0 Å². The summed E-state index contributed by atoms with van der Waals surface area (Å²) in [6.07, 6.45) is 2.69. The number of hydrogen-bond acceptors (Lipinski definition) is 5. The number of aliphatic hydroxyl groups is 1. The molecular formula is C14H17ClFN3OS. The van der Waals surface area contributed by atoms with Gasteiger partial charge in [0.15, 0.2) is 5.13 Å². The van der Waals surface area contributed by atoms with Gasteiger partial charge in [-0.3, -0.25) is 0 Å². The second-order valence-electron chi connectivity index (χ2n) is 4.95. The fourth-order valence-electron chi connectivity index (χ4n) is 2.58. The van der Waals surface area contributed by atoms with Crippen molar-refractivity contribution in [1.82, 2.24) is 4.98 Å². The molecule has 1 atom stereocenters. The van der Waals surface area contributed by atoms with Crippen LogP contribution >= 0.6 is 23.7 Å². The monoisotopic (exact) mass is 329 g/mol. The molecule has 0 fully saturated rings. The third-order valence-electron chi connectivity index (χ3n) is 3.51. The Morgan fingerprint density at radius 3 is 3.00 bits per heavy atom. The van der Waals surface area contributed by atoms with Gasteiger partial charge in [0.05, 0.1) is 12.6 Å². The summed E-state index contributed by atoms with van der Waals surface area (Å²) in [7, 11) is 0. The first-order valence-electron chi connectivity index (χ1n) is 6.56. The molecule has 2 aromatic rings. The highest BCUT2D eigenvalue weighted by Gasteiger charge is 2.22. The number of nitrogen functional groups attached to an aromatic ring is 1. The molecule has 3 rings (SSSR count). The molecule has 0 bridgehead atoms. The van der Waals surface area contributed by atoms with E-state index in [1.54, 1.807) is 12.3 Å². The number of halogens is 2. The molecular weight excluding hydrogens is 313 g/mol. The molecule has 0 radical (unpaired) electrons. The van der Waals surface area contributed by atoms with Gasteiger partial charge in [-0.15, -0.1) is 23.7 Å². The molecule has 0 saturated heterocycles. The van der Waals surface area contributed by atoms with Crippen LogP contribution in [0, 0.1) is 5.82 Å². The molecule has 21 heavy (non-hydrogen) atoms. The molecule has 1 aromatic heterocycles. The maximum atomic E-state index is 13.4. The van der Waals surface area contributed by atoms with E-state index >= 15 is 0 Å². The Labute approximate surface area is 132 Å². The Bertz CT molecular complexity index is 622. The first kappa shape index (κ1) is 16.0. The zero-order chi connectivity index (χ0) is 14.1. The van der Waals surface area contributed by atoms with E-state index in [4.69, 9.17) is 5.73 Å². The highest BCUT2D eigenvalue weighted by molar-refractivity contribution is 7.15. The van der Waals surface area contributed by atoms with E-state index in [1.165, 1.54) is 23.5 Å². The number of aliphatic hydroxyl groups excluding tert-OH is 1. The molecule has 0 spiro atoms. The zero-order valence-electron chi connectivity index (χ0n) is 11.3. The SMILES string of the molecule is Cl.Nc1ncc(CN2CCCC(O)c3cc(F)ccc32)s1. The van der Waals surface area contributed by atoms with Crippen molar-refractivity contribution in [2.45, 2.75) is 25.5 Å². The van der Waals surface area contributed by atoms with Crippen LogP contribution in [0.5, 0.6) is 0 Å². The molecule has 0 saturated carbocycles. The van der Waals surface area contributed by atoms with Crippen LogP contribution in [0.25, 0.3) is 0 Å². The average molecular weight is 330 g/mol. The minimum Gasteiger partial charge on any atom is -0.388 e. The third kappa shape index (κ3) is 3.45. The number of nitrogens with zero attached hydrogens (tertiary/aromatic N) is 2. The van der Waals surface area contributed by atoms with Gasteiger partial charge in [0.1, 0.15) is 5.82 Å². The Morgan fingerprint density at radius 1 is 1.48 bits per heavy atom. The van der Waals surface area contributed by atoms with E-state index in [1.807, 2.05) is 0 Å². The summed E-state index contributed by atoms with van der Waals surface area (Å²) in [6.45, 7) is 1.51. The minimum absolute atomic E-state index is 0. The summed E-state index contributed by atoms with van der Waals surface area (Å²) < 4.78 is 13.4. The molecule has 3 N–H and O–H groups in total. The number of aromatic nitrogens is 1. The first-order chi connectivity index (χ1) is 9.63. The van der Waals surface area contributed by atoms with E-state index in [-0.39, 0.29) is 18.2 Å². The van der Waals surface area contributed by atoms with Crippen LogP contribution in [0.4, 0.5) is 15.2 Å². The lowest BCUT2D eigenvalue weighted by molar-refractivity contribution is 0.168. The number of benzene rings is 1. The summed E-state index contributed by atoms with van der Waals surface area (Å²) in [5.74, 6) is -0.313. The standard InChI is InChI=1S/C14H16FN3OS.ClH/c15-9-3-4-12-11(6-9)13(19)2-1-5-18(12)8-10-7-17-14(16)20-10;/h3-4,6-7,13,19H,1-2,5,8H2,(H2,16,17);1H. The van der Waals surface area contributed by atoms with Crippen molar-refractivity contribution in [3.05, 3.63) is 40.7 Å².